The number of nitrogens with zero attached hydrogens (tertiary/aromatic N) is 2. The first-order valence-electron chi connectivity index (χ1n) is 11.4. The Labute approximate surface area is 195 Å². The van der Waals surface area contributed by atoms with E-state index >= 15 is 0 Å². The topological polar surface area (TPSA) is 50.7 Å². The minimum absolute atomic E-state index is 0.481. The first-order valence-corrected chi connectivity index (χ1v) is 11.4. The highest BCUT2D eigenvalue weighted by molar-refractivity contribution is 6.11. The zero-order chi connectivity index (χ0) is 22.6. The minimum Gasteiger partial charge on any atom is -0.383 e. The maximum atomic E-state index is 6.48. The smallest absolute Gasteiger partial charge is 0.157 e. The third-order valence-electron chi connectivity index (χ3n) is 6.08. The van der Waals surface area contributed by atoms with Crippen molar-refractivity contribution in [3.8, 4) is 0 Å². The van der Waals surface area contributed by atoms with Crippen LogP contribution in [0.5, 0.6) is 0 Å². The van der Waals surface area contributed by atoms with Gasteiger partial charge >= 0.3 is 0 Å². The lowest BCUT2D eigenvalue weighted by Gasteiger charge is -2.12. The van der Waals surface area contributed by atoms with Gasteiger partial charge in [0.2, 0.25) is 0 Å². The quantitative estimate of drug-likeness (QED) is 0.294. The number of hydrogen-bond donors (Lipinski definition) is 1. The van der Waals surface area contributed by atoms with Gasteiger partial charge in [-0.2, -0.15) is 0 Å². The molecule has 4 aromatic rings. The van der Waals surface area contributed by atoms with Gasteiger partial charge in [0.15, 0.2) is 5.84 Å². The largest absolute Gasteiger partial charge is 0.383 e. The van der Waals surface area contributed by atoms with Crippen LogP contribution in [0.25, 0.3) is 16.8 Å². The highest BCUT2D eigenvalue weighted by Gasteiger charge is 2.09. The van der Waals surface area contributed by atoms with E-state index in [2.05, 4.69) is 104 Å². The summed E-state index contributed by atoms with van der Waals surface area (Å²) in [5, 5.41) is 2.44. The number of rotatable bonds is 4. The van der Waals surface area contributed by atoms with E-state index in [9.17, 15) is 0 Å². The van der Waals surface area contributed by atoms with E-state index in [1.54, 1.807) is 0 Å². The van der Waals surface area contributed by atoms with Gasteiger partial charge < -0.3 is 5.73 Å². The van der Waals surface area contributed by atoms with Crippen LogP contribution in [-0.4, -0.2) is 11.7 Å². The Balaban J connectivity index is 1.50. The van der Waals surface area contributed by atoms with Crippen LogP contribution in [0.2, 0.25) is 0 Å². The summed E-state index contributed by atoms with van der Waals surface area (Å²) in [6.07, 6.45) is 6.55. The first-order chi connectivity index (χ1) is 16.2. The van der Waals surface area contributed by atoms with E-state index in [-0.39, 0.29) is 0 Å². The second kappa shape index (κ2) is 9.25. The van der Waals surface area contributed by atoms with Crippen LogP contribution in [0, 0.1) is 6.92 Å². The molecule has 0 radical (unpaired) electrons. The number of benzene rings is 4. The molecule has 3 nitrogen and oxygen atoms in total. The molecule has 0 heterocycles. The molecule has 0 saturated carbocycles. The van der Waals surface area contributed by atoms with Crippen molar-refractivity contribution in [1.82, 2.24) is 0 Å². The second-order valence-electron chi connectivity index (χ2n) is 8.54. The number of hydrogen-bond acceptors (Lipinski definition) is 1. The molecule has 0 spiro atoms. The van der Waals surface area contributed by atoms with Crippen molar-refractivity contribution >= 4 is 28.5 Å². The summed E-state index contributed by atoms with van der Waals surface area (Å²) in [6, 6.07) is 29.5. The molecule has 0 bridgehead atoms. The molecular weight excluding hydrogens is 402 g/mol. The monoisotopic (exact) mass is 429 g/mol. The average molecular weight is 430 g/mol. The molecule has 0 aromatic heterocycles. The van der Waals surface area contributed by atoms with Gasteiger partial charge in [0, 0.05) is 11.1 Å². The molecule has 0 amide bonds. The predicted molar refractivity (Wildman–Crippen MR) is 140 cm³/mol. The number of fused-ring (bicyclic) bond motifs is 2. The molecule has 5 rings (SSSR count). The van der Waals surface area contributed by atoms with E-state index in [1.165, 1.54) is 27.5 Å². The highest BCUT2D eigenvalue weighted by Crippen LogP contribution is 2.21. The molecule has 0 saturated heterocycles. The van der Waals surface area contributed by atoms with Crippen LogP contribution in [-0.2, 0) is 13.0 Å². The van der Waals surface area contributed by atoms with E-state index in [0.717, 1.165) is 29.5 Å². The number of aliphatic imine (C=N–C) groups is 2. The van der Waals surface area contributed by atoms with Gasteiger partial charge in [0.25, 0.3) is 0 Å². The summed E-state index contributed by atoms with van der Waals surface area (Å²) >= 11 is 0. The molecule has 0 aliphatic heterocycles. The van der Waals surface area contributed by atoms with Crippen LogP contribution < -0.4 is 5.73 Å². The molecule has 33 heavy (non-hydrogen) atoms. The SMILES string of the molecule is Cc1ccc(C(N=C(N)c2ccc3c(c2)C=CCC3)=NCc2ccc3ccccc3c2)cc1. The van der Waals surface area contributed by atoms with Crippen LogP contribution in [0.4, 0.5) is 0 Å². The van der Waals surface area contributed by atoms with Crippen LogP contribution in [0.1, 0.15) is 39.8 Å². The lowest BCUT2D eigenvalue weighted by molar-refractivity contribution is 0.985. The molecule has 2 N–H and O–H groups in total. The van der Waals surface area contributed by atoms with Crippen LogP contribution >= 0.6 is 0 Å². The zero-order valence-electron chi connectivity index (χ0n) is 18.8. The van der Waals surface area contributed by atoms with E-state index < -0.39 is 0 Å². The lowest BCUT2D eigenvalue weighted by Crippen LogP contribution is -2.17. The molecule has 0 atom stereocenters. The molecule has 4 aromatic carbocycles. The molecular formula is C30H27N3. The summed E-state index contributed by atoms with van der Waals surface area (Å²) in [5.41, 5.74) is 13.3. The first kappa shape index (κ1) is 20.9. The Morgan fingerprint density at radius 3 is 2.48 bits per heavy atom. The van der Waals surface area contributed by atoms with Crippen molar-refractivity contribution in [3.63, 3.8) is 0 Å². The lowest BCUT2D eigenvalue weighted by atomic mass is 9.95. The van der Waals surface area contributed by atoms with Crippen molar-refractivity contribution in [2.24, 2.45) is 15.7 Å². The molecule has 3 heteroatoms. The summed E-state index contributed by atoms with van der Waals surface area (Å²) in [7, 11) is 0. The normalized spacial score (nSPS) is 13.8. The average Bonchev–Trinajstić information content (AvgIpc) is 2.86. The van der Waals surface area contributed by atoms with Gasteiger partial charge in [-0.15, -0.1) is 0 Å². The molecule has 1 aliphatic carbocycles. The third-order valence-corrected chi connectivity index (χ3v) is 6.08. The zero-order valence-corrected chi connectivity index (χ0v) is 18.8. The predicted octanol–water partition coefficient (Wildman–Crippen LogP) is 6.46. The van der Waals surface area contributed by atoms with Crippen molar-refractivity contribution in [3.05, 3.63) is 124 Å². The number of aryl methyl sites for hydroxylation is 2. The van der Waals surface area contributed by atoms with Gasteiger partial charge in [-0.05, 0) is 59.4 Å². The highest BCUT2D eigenvalue weighted by atomic mass is 15.0. The van der Waals surface area contributed by atoms with Gasteiger partial charge in [-0.3, -0.25) is 4.99 Å². The number of allylic oxidation sites excluding steroid dienone is 1. The maximum absolute atomic E-state index is 6.48. The van der Waals surface area contributed by atoms with Gasteiger partial charge in [0.05, 0.1) is 6.54 Å². The summed E-state index contributed by atoms with van der Waals surface area (Å²) in [6.45, 7) is 2.62. The fraction of sp³-hybridized carbons (Fsp3) is 0.133. The Kier molecular flexibility index (Phi) is 5.86. The number of nitrogens with two attached hydrogens (primary N) is 1. The fourth-order valence-corrected chi connectivity index (χ4v) is 4.16. The van der Waals surface area contributed by atoms with Crippen LogP contribution in [0.15, 0.2) is 101 Å². The maximum Gasteiger partial charge on any atom is 0.157 e. The Hall–Kier alpha value is -3.98. The van der Waals surface area contributed by atoms with Gasteiger partial charge in [-0.1, -0.05) is 90.5 Å². The number of amidine groups is 2. The standard InChI is InChI=1S/C30H27N3/c1-21-10-13-25(14-11-21)30(32-20-22-12-15-23-6-2-4-8-26(23)18-22)33-29(31)28-17-16-24-7-3-5-9-27(24)19-28/h2,4-6,8-19H,3,7,20H2,1H3,(H2,31,32,33). The third kappa shape index (κ3) is 4.78. The van der Waals surface area contributed by atoms with Crippen molar-refractivity contribution < 1.29 is 0 Å². The Bertz CT molecular complexity index is 1390. The van der Waals surface area contributed by atoms with Crippen molar-refractivity contribution in [2.45, 2.75) is 26.3 Å². The summed E-state index contributed by atoms with van der Waals surface area (Å²) < 4.78 is 0. The van der Waals surface area contributed by atoms with E-state index in [1.807, 2.05) is 0 Å². The van der Waals surface area contributed by atoms with Gasteiger partial charge in [0.1, 0.15) is 5.84 Å². The summed E-state index contributed by atoms with van der Waals surface area (Å²) in [5.74, 6) is 1.13. The van der Waals surface area contributed by atoms with Gasteiger partial charge in [-0.25, -0.2) is 4.99 Å². The van der Waals surface area contributed by atoms with Crippen LogP contribution in [0.3, 0.4) is 0 Å². The molecule has 0 unspecified atom stereocenters. The molecule has 162 valence electrons. The molecule has 0 fully saturated rings. The second-order valence-corrected chi connectivity index (χ2v) is 8.54. The Morgan fingerprint density at radius 2 is 1.64 bits per heavy atom. The molecule has 1 aliphatic rings. The van der Waals surface area contributed by atoms with Crippen molar-refractivity contribution in [2.75, 3.05) is 0 Å². The fourth-order valence-electron chi connectivity index (χ4n) is 4.16. The van der Waals surface area contributed by atoms with E-state index in [4.69, 9.17) is 15.7 Å². The summed E-state index contributed by atoms with van der Waals surface area (Å²) in [4.78, 5) is 9.68. The van der Waals surface area contributed by atoms with Crippen molar-refractivity contribution in [1.29, 1.82) is 0 Å². The van der Waals surface area contributed by atoms with E-state index in [0.29, 0.717) is 18.2 Å². The Morgan fingerprint density at radius 1 is 0.848 bits per heavy atom. The minimum atomic E-state index is 0.481.